The zero-order valence-corrected chi connectivity index (χ0v) is 16.7. The molecule has 154 valence electrons. The summed E-state index contributed by atoms with van der Waals surface area (Å²) in [6.07, 6.45) is 4.12. The number of pyridine rings is 1. The van der Waals surface area contributed by atoms with E-state index in [0.717, 1.165) is 16.5 Å². The summed E-state index contributed by atoms with van der Waals surface area (Å²) in [5, 5.41) is 24.1. The average molecular weight is 397 g/mol. The smallest absolute Gasteiger partial charge is 0.255 e. The molecule has 1 fully saturated rings. The molecule has 0 unspecified atom stereocenters. The largest absolute Gasteiger partial charge is 0.404 e. The number of hydrogen-bond donors (Lipinski definition) is 5. The molecular weight excluding hydrogens is 370 g/mol. The van der Waals surface area contributed by atoms with Crippen molar-refractivity contribution in [2.45, 2.75) is 19.9 Å². The fourth-order valence-corrected chi connectivity index (χ4v) is 3.22. The van der Waals surface area contributed by atoms with E-state index in [1.165, 1.54) is 12.4 Å². The maximum Gasteiger partial charge on any atom is 0.255 e. The van der Waals surface area contributed by atoms with Gasteiger partial charge in [-0.15, -0.1) is 0 Å². The zero-order chi connectivity index (χ0) is 21.0. The number of nitrogens with zero attached hydrogens (tertiary/aromatic N) is 1. The van der Waals surface area contributed by atoms with Crippen LogP contribution in [0.5, 0.6) is 0 Å². The van der Waals surface area contributed by atoms with Crippen molar-refractivity contribution in [2.75, 3.05) is 31.7 Å². The molecule has 1 aromatic carbocycles. The van der Waals surface area contributed by atoms with Crippen LogP contribution in [0.1, 0.15) is 29.8 Å². The molecule has 0 bridgehead atoms. The lowest BCUT2D eigenvalue weighted by Crippen LogP contribution is -2.53. The molecule has 0 atom stereocenters. The highest BCUT2D eigenvalue weighted by molar-refractivity contribution is 6.11. The molecule has 0 radical (unpaired) electrons. The first-order valence-corrected chi connectivity index (χ1v) is 9.52. The first-order valence-electron chi connectivity index (χ1n) is 9.52. The normalized spacial score (nSPS) is 15.8. The van der Waals surface area contributed by atoms with Gasteiger partial charge in [0, 0.05) is 42.2 Å². The van der Waals surface area contributed by atoms with Crippen LogP contribution < -0.4 is 16.4 Å². The number of aliphatic hydroxyl groups excluding tert-OH is 1. The van der Waals surface area contributed by atoms with E-state index in [1.807, 2.05) is 32.0 Å². The number of hydrogen-bond acceptors (Lipinski definition) is 7. The zero-order valence-electron chi connectivity index (χ0n) is 16.7. The second-order valence-corrected chi connectivity index (χ2v) is 7.68. The Bertz CT molecular complexity index is 945. The molecule has 3 rings (SSSR count). The van der Waals surface area contributed by atoms with Crippen molar-refractivity contribution in [1.29, 1.82) is 5.41 Å². The summed E-state index contributed by atoms with van der Waals surface area (Å²) >= 11 is 0. The van der Waals surface area contributed by atoms with Crippen molar-refractivity contribution in [2.24, 2.45) is 11.1 Å². The van der Waals surface area contributed by atoms with Crippen LogP contribution in [-0.2, 0) is 4.74 Å². The molecule has 6 N–H and O–H groups in total. The second-order valence-electron chi connectivity index (χ2n) is 7.68. The van der Waals surface area contributed by atoms with Gasteiger partial charge in [0.15, 0.2) is 0 Å². The highest BCUT2D eigenvalue weighted by atomic mass is 16.5. The molecule has 1 amide bonds. The average Bonchev–Trinajstić information content (AvgIpc) is 2.68. The minimum Gasteiger partial charge on any atom is -0.404 e. The number of nitrogens with two attached hydrogens (primary N) is 1. The summed E-state index contributed by atoms with van der Waals surface area (Å²) in [6.45, 7) is 5.13. The van der Waals surface area contributed by atoms with E-state index >= 15 is 0 Å². The van der Waals surface area contributed by atoms with Crippen LogP contribution in [0.3, 0.4) is 0 Å². The molecule has 2 heterocycles. The van der Waals surface area contributed by atoms with E-state index in [1.54, 1.807) is 6.20 Å². The van der Waals surface area contributed by atoms with Crippen LogP contribution in [0.25, 0.3) is 16.5 Å². The summed E-state index contributed by atoms with van der Waals surface area (Å²) in [5.74, 6) is -0.269. The van der Waals surface area contributed by atoms with Gasteiger partial charge in [-0.25, -0.2) is 0 Å². The van der Waals surface area contributed by atoms with Gasteiger partial charge < -0.3 is 31.6 Å². The first kappa shape index (κ1) is 20.8. The number of aliphatic hydroxyl groups is 1. The lowest BCUT2D eigenvalue weighted by molar-refractivity contribution is -0.133. The Kier molecular flexibility index (Phi) is 6.14. The Morgan fingerprint density at radius 1 is 1.45 bits per heavy atom. The van der Waals surface area contributed by atoms with Crippen molar-refractivity contribution in [3.8, 4) is 0 Å². The quantitative estimate of drug-likeness (QED) is 0.431. The Balaban J connectivity index is 2.01. The van der Waals surface area contributed by atoms with E-state index < -0.39 is 5.41 Å². The molecule has 0 saturated carbocycles. The summed E-state index contributed by atoms with van der Waals surface area (Å²) in [6, 6.07) is 5.66. The van der Waals surface area contributed by atoms with Gasteiger partial charge in [0.25, 0.3) is 5.91 Å². The number of ether oxygens (including phenoxy) is 1. The summed E-state index contributed by atoms with van der Waals surface area (Å²) in [7, 11) is 0. The second kappa shape index (κ2) is 8.59. The summed E-state index contributed by atoms with van der Waals surface area (Å²) in [5.41, 5.74) is 8.39. The first-order chi connectivity index (χ1) is 13.9. The van der Waals surface area contributed by atoms with Crippen molar-refractivity contribution in [3.05, 3.63) is 41.7 Å². The highest BCUT2D eigenvalue weighted by Crippen LogP contribution is 2.30. The molecule has 1 aromatic heterocycles. The molecule has 0 aliphatic carbocycles. The van der Waals surface area contributed by atoms with Crippen LogP contribution in [0.15, 0.2) is 30.6 Å². The number of rotatable bonds is 8. The van der Waals surface area contributed by atoms with Crippen LogP contribution in [0.2, 0.25) is 0 Å². The van der Waals surface area contributed by atoms with Crippen LogP contribution in [-0.4, -0.2) is 54.6 Å². The third kappa shape index (κ3) is 4.23. The van der Waals surface area contributed by atoms with E-state index in [2.05, 4.69) is 15.6 Å². The van der Waals surface area contributed by atoms with Gasteiger partial charge >= 0.3 is 0 Å². The number of aromatic nitrogens is 1. The van der Waals surface area contributed by atoms with Gasteiger partial charge in [-0.3, -0.25) is 9.78 Å². The number of anilines is 1. The van der Waals surface area contributed by atoms with Gasteiger partial charge in [0.2, 0.25) is 0 Å². The predicted octanol–water partition coefficient (Wildman–Crippen LogP) is 1.74. The molecule has 8 nitrogen and oxygen atoms in total. The van der Waals surface area contributed by atoms with Crippen molar-refractivity contribution >= 4 is 34.3 Å². The number of amides is 1. The van der Waals surface area contributed by atoms with Crippen molar-refractivity contribution in [3.63, 3.8) is 0 Å². The number of fused-ring (bicyclic) bond motifs is 1. The molecule has 29 heavy (non-hydrogen) atoms. The van der Waals surface area contributed by atoms with E-state index in [4.69, 9.17) is 15.9 Å². The van der Waals surface area contributed by atoms with E-state index in [0.29, 0.717) is 36.6 Å². The third-order valence-electron chi connectivity index (χ3n) is 4.99. The van der Waals surface area contributed by atoms with E-state index in [-0.39, 0.29) is 18.6 Å². The van der Waals surface area contributed by atoms with Crippen LogP contribution >= 0.6 is 0 Å². The lowest BCUT2D eigenvalue weighted by Gasteiger charge is -2.39. The third-order valence-corrected chi connectivity index (χ3v) is 4.99. The Morgan fingerprint density at radius 3 is 2.76 bits per heavy atom. The molecule has 1 saturated heterocycles. The fourth-order valence-electron chi connectivity index (χ4n) is 3.22. The molecule has 0 spiro atoms. The molecular formula is C21H27N5O3. The molecule has 8 heteroatoms. The van der Waals surface area contributed by atoms with Crippen molar-refractivity contribution in [1.82, 2.24) is 10.3 Å². The predicted molar refractivity (Wildman–Crippen MR) is 114 cm³/mol. The van der Waals surface area contributed by atoms with Gasteiger partial charge in [-0.1, -0.05) is 6.07 Å². The van der Waals surface area contributed by atoms with Gasteiger partial charge in [0.1, 0.15) is 0 Å². The monoisotopic (exact) mass is 397 g/mol. The van der Waals surface area contributed by atoms with Gasteiger partial charge in [0.05, 0.1) is 42.0 Å². The number of benzene rings is 1. The number of allylic oxidation sites excluding steroid dienone is 1. The fraction of sp³-hybridized carbons (Fsp3) is 0.381. The highest BCUT2D eigenvalue weighted by Gasteiger charge is 2.38. The Hall–Kier alpha value is -2.97. The Labute approximate surface area is 169 Å². The number of nitrogens with one attached hydrogen (secondary N) is 3. The molecule has 1 aliphatic heterocycles. The van der Waals surface area contributed by atoms with Crippen LogP contribution in [0, 0.1) is 10.8 Å². The lowest BCUT2D eigenvalue weighted by atomic mass is 9.87. The molecule has 2 aromatic rings. The molecule has 1 aliphatic rings. The number of carbonyl (C=O) groups is 1. The van der Waals surface area contributed by atoms with Gasteiger partial charge in [-0.05, 0) is 31.5 Å². The van der Waals surface area contributed by atoms with Crippen molar-refractivity contribution < 1.29 is 14.6 Å². The van der Waals surface area contributed by atoms with Gasteiger partial charge in [-0.2, -0.15) is 0 Å². The SMILES string of the molecule is CC(C)Nc1c(C(=O)NCC2(CO)COC2)cnc2ccc(/C(C=N)=C/N)cc12. The minimum absolute atomic E-state index is 0.0401. The van der Waals surface area contributed by atoms with E-state index in [9.17, 15) is 9.90 Å². The van der Waals surface area contributed by atoms with Crippen LogP contribution in [0.4, 0.5) is 5.69 Å². The maximum absolute atomic E-state index is 12.9. The number of carbonyl (C=O) groups excluding carboxylic acids is 1. The minimum atomic E-state index is -0.413. The maximum atomic E-state index is 12.9. The summed E-state index contributed by atoms with van der Waals surface area (Å²) < 4.78 is 5.19. The standard InChI is InChI=1S/C21H27N5O3/c1-13(2)26-19-16-5-14(15(6-22)7-23)3-4-18(16)24-8-17(19)20(28)25-9-21(10-27)11-29-12-21/h3-8,13,22,27H,9-12,23H2,1-2H3,(H,24,26)(H,25,28)/b15-7+,22-6?. The topological polar surface area (TPSA) is 133 Å². The summed E-state index contributed by atoms with van der Waals surface area (Å²) in [4.78, 5) is 17.4. The Morgan fingerprint density at radius 2 is 2.21 bits per heavy atom.